The summed E-state index contributed by atoms with van der Waals surface area (Å²) in [4.78, 5) is 0. The smallest absolute Gasteiger partial charge is 0.146 e. The molecule has 0 bridgehead atoms. The third kappa shape index (κ3) is 138. The van der Waals surface area contributed by atoms with Gasteiger partial charge in [-0.1, -0.05) is 108 Å². The van der Waals surface area contributed by atoms with E-state index in [1.54, 1.807) is 0 Å². The molecule has 0 aromatic carbocycles. The maximum atomic E-state index is 5.32. The summed E-state index contributed by atoms with van der Waals surface area (Å²) in [6.45, 7) is 36.7. The highest BCUT2D eigenvalue weighted by atomic mass is 16.7. The van der Waals surface area contributed by atoms with Gasteiger partial charge in [0.1, 0.15) is 6.79 Å². The predicted octanol–water partition coefficient (Wildman–Crippen LogP) is 13.4. The van der Waals surface area contributed by atoms with E-state index in [0.717, 1.165) is 79.3 Å². The maximum Gasteiger partial charge on any atom is 0.146 e. The molecule has 0 saturated heterocycles. The lowest BCUT2D eigenvalue weighted by molar-refractivity contribution is -0.0445. The molecule has 1 unspecified atom stereocenters. The van der Waals surface area contributed by atoms with Crippen molar-refractivity contribution in [2.75, 3.05) is 92.7 Å². The van der Waals surface area contributed by atoms with Gasteiger partial charge < -0.3 is 37.9 Å². The van der Waals surface area contributed by atoms with Gasteiger partial charge in [0.25, 0.3) is 0 Å². The lowest BCUT2D eigenvalue weighted by atomic mass is 9.96. The first-order chi connectivity index (χ1) is 18.2. The number of ether oxygens (including phenoxy) is 8. The second-order valence-electron chi connectivity index (χ2n) is 8.57. The normalized spacial score (nSPS) is 8.69. The van der Waals surface area contributed by atoms with Crippen LogP contribution in [0.5, 0.6) is 0 Å². The summed E-state index contributed by atoms with van der Waals surface area (Å²) in [6, 6.07) is 0. The highest BCUT2D eigenvalue weighted by Gasteiger charge is 2.17. The van der Waals surface area contributed by atoms with Gasteiger partial charge in [0.05, 0.1) is 39.1 Å². The Bertz CT molecular complexity index is 327. The summed E-state index contributed by atoms with van der Waals surface area (Å²) < 4.78 is 40.7. The average molecular weight is 719 g/mol. The molecule has 8 nitrogen and oxygen atoms in total. The van der Waals surface area contributed by atoms with E-state index in [-0.39, 0.29) is 85.8 Å². The zero-order chi connectivity index (χ0) is 30.3. The van der Waals surface area contributed by atoms with Gasteiger partial charge >= 0.3 is 0 Å². The van der Waals surface area contributed by atoms with Crippen molar-refractivity contribution in [2.24, 2.45) is 5.41 Å². The van der Waals surface area contributed by atoms with Gasteiger partial charge in [0, 0.05) is 58.3 Å². The molecule has 0 spiro atoms. The van der Waals surface area contributed by atoms with E-state index in [9.17, 15) is 0 Å². The van der Waals surface area contributed by atoms with Crippen LogP contribution in [0.2, 0.25) is 0 Å². The van der Waals surface area contributed by atoms with Crippen molar-refractivity contribution in [2.45, 2.75) is 177 Å². The third-order valence-electron chi connectivity index (χ3n) is 3.76. The Hall–Kier alpha value is -0.320. The van der Waals surface area contributed by atoms with Crippen LogP contribution < -0.4 is 0 Å². The van der Waals surface area contributed by atoms with Crippen molar-refractivity contribution < 1.29 is 37.9 Å². The summed E-state index contributed by atoms with van der Waals surface area (Å²) in [7, 11) is 0. The van der Waals surface area contributed by atoms with Crippen LogP contribution in [-0.2, 0) is 37.9 Å². The van der Waals surface area contributed by atoms with Gasteiger partial charge in [-0.2, -0.15) is 0 Å². The Morgan fingerprint density at radius 1 is 0.396 bits per heavy atom. The van der Waals surface area contributed by atoms with Crippen LogP contribution in [0.15, 0.2) is 0 Å². The molecule has 0 rings (SSSR count). The van der Waals surface area contributed by atoms with E-state index in [0.29, 0.717) is 13.4 Å². The molecule has 0 aliphatic carbocycles. The maximum absolute atomic E-state index is 5.32. The molecule has 0 amide bonds. The summed E-state index contributed by atoms with van der Waals surface area (Å²) in [5.41, 5.74) is 0.159. The van der Waals surface area contributed by atoms with Crippen molar-refractivity contribution in [3.8, 4) is 0 Å². The van der Waals surface area contributed by atoms with Crippen LogP contribution in [0.4, 0.5) is 0 Å². The van der Waals surface area contributed by atoms with Crippen molar-refractivity contribution >= 4 is 0 Å². The molecule has 0 heterocycles. The van der Waals surface area contributed by atoms with Crippen molar-refractivity contribution in [1.29, 1.82) is 0 Å². The van der Waals surface area contributed by atoms with Crippen LogP contribution in [0.3, 0.4) is 0 Å². The molecule has 0 fully saturated rings. The molecule has 1 atom stereocenters. The molecule has 318 valence electrons. The minimum atomic E-state index is 0. The fourth-order valence-electron chi connectivity index (χ4n) is 2.05. The molecule has 0 N–H and O–H groups in total. The highest BCUT2D eigenvalue weighted by Crippen LogP contribution is 2.15. The van der Waals surface area contributed by atoms with Gasteiger partial charge in [-0.15, -0.1) is 0 Å². The van der Waals surface area contributed by atoms with Crippen LogP contribution in [-0.4, -0.2) is 98.8 Å². The van der Waals surface area contributed by atoms with E-state index >= 15 is 0 Å². The first-order valence-corrected chi connectivity index (χ1v) is 14.8. The minimum absolute atomic E-state index is 0. The first-order valence-electron chi connectivity index (χ1n) is 14.8. The van der Waals surface area contributed by atoms with Crippen molar-refractivity contribution in [3.63, 3.8) is 0 Å². The molecule has 0 aromatic rings. The largest absolute Gasteiger partial charge is 0.381 e. The van der Waals surface area contributed by atoms with E-state index in [1.807, 2.05) is 62.3 Å². The summed E-state index contributed by atoms with van der Waals surface area (Å²) in [5.74, 6) is 0. The topological polar surface area (TPSA) is 73.8 Å². The van der Waals surface area contributed by atoms with Gasteiger partial charge in [-0.25, -0.2) is 0 Å². The van der Waals surface area contributed by atoms with Gasteiger partial charge in [-0.05, 0) is 62.3 Å². The first kappa shape index (κ1) is 97.3. The summed E-state index contributed by atoms with van der Waals surface area (Å²) >= 11 is 0. The molecule has 0 radical (unpaired) electrons. The lowest BCUT2D eigenvalue weighted by Crippen LogP contribution is -2.25. The van der Waals surface area contributed by atoms with Gasteiger partial charge in [0.15, 0.2) is 0 Å². The number of hydrogen-bond acceptors (Lipinski definition) is 8. The van der Waals surface area contributed by atoms with Gasteiger partial charge in [0.2, 0.25) is 0 Å². The van der Waals surface area contributed by atoms with Crippen LogP contribution in [0.25, 0.3) is 0 Å². The van der Waals surface area contributed by atoms with Crippen molar-refractivity contribution in [1.82, 2.24) is 0 Å². The Balaban J connectivity index is -0.0000000214. The highest BCUT2D eigenvalue weighted by molar-refractivity contribution is 4.66. The van der Waals surface area contributed by atoms with E-state index in [4.69, 9.17) is 37.9 Å². The zero-order valence-corrected chi connectivity index (χ0v) is 27.9. The monoisotopic (exact) mass is 719 g/mol. The number of rotatable bonds is 20. The van der Waals surface area contributed by atoms with Crippen LogP contribution in [0, 0.1) is 5.41 Å². The van der Waals surface area contributed by atoms with E-state index in [1.165, 1.54) is 6.42 Å². The Labute approximate surface area is 312 Å². The average Bonchev–Trinajstić information content (AvgIpc) is 2.90. The van der Waals surface area contributed by atoms with Gasteiger partial charge in [-0.3, -0.25) is 0 Å². The zero-order valence-electron chi connectivity index (χ0n) is 27.9. The van der Waals surface area contributed by atoms with Crippen molar-refractivity contribution in [3.05, 3.63) is 0 Å². The molecule has 48 heavy (non-hydrogen) atoms. The molecular weight excluding hydrogens is 608 g/mol. The predicted molar refractivity (Wildman–Crippen MR) is 229 cm³/mol. The molecule has 0 aliphatic rings. The quantitative estimate of drug-likeness (QED) is 0.0910. The van der Waals surface area contributed by atoms with Crippen LogP contribution in [0.1, 0.15) is 171 Å². The standard InChI is InChI=1S/C9H20O2.C7H16O2.C6H14O2.C5H12O2.C3H8.10CH4/c1-5-10-7-9(3,4)8-11-6-2;1-4-8-6-7(3)9-5-2;1-3-7-5-6-8-4-2;1-3-6-5-7-4-2;1-3-2;;;;;;;;;;/h5-8H2,1-4H3;7H,4-6H2,1-3H3;3-6H2,1-2H3;3-5H2,1-2H3;3H2,1-2H3;10*1H4. The SMILES string of the molecule is C.C.C.C.C.C.C.C.C.C.CCC.CCOCC(C)(C)COCC.CCOCC(C)OCC.CCOCCOCC.CCOCOCC. The summed E-state index contributed by atoms with van der Waals surface area (Å²) in [5, 5.41) is 0. The molecule has 8 heteroatoms. The minimum Gasteiger partial charge on any atom is -0.381 e. The van der Waals surface area contributed by atoms with Crippen LogP contribution >= 0.6 is 0 Å². The fourth-order valence-corrected chi connectivity index (χ4v) is 2.05. The van der Waals surface area contributed by atoms with E-state index in [2.05, 4.69) is 27.7 Å². The fraction of sp³-hybridized carbons (Fsp3) is 1.00. The molecular formula is C40H110O8. The number of hydrogen-bond donors (Lipinski definition) is 0. The second kappa shape index (κ2) is 97.1. The summed E-state index contributed by atoms with van der Waals surface area (Å²) in [6.07, 6.45) is 1.50. The Morgan fingerprint density at radius 2 is 0.667 bits per heavy atom. The molecule has 0 saturated carbocycles. The lowest BCUT2D eigenvalue weighted by Gasteiger charge is -2.23. The second-order valence-corrected chi connectivity index (χ2v) is 8.57. The Kier molecular flexibility index (Phi) is 197. The molecule has 0 aliphatic heterocycles. The van der Waals surface area contributed by atoms with E-state index < -0.39 is 0 Å². The Morgan fingerprint density at radius 3 is 0.896 bits per heavy atom. The molecule has 0 aromatic heterocycles. The third-order valence-corrected chi connectivity index (χ3v) is 3.76.